The summed E-state index contributed by atoms with van der Waals surface area (Å²) < 4.78 is 63.9. The third kappa shape index (κ3) is 3.02. The Morgan fingerprint density at radius 2 is 2.00 bits per heavy atom. The molecule has 0 unspecified atom stereocenters. The Labute approximate surface area is 90.6 Å². The first-order valence-corrected chi connectivity index (χ1v) is 3.97. The van der Waals surface area contributed by atoms with Crippen LogP contribution in [0.15, 0.2) is 6.20 Å². The van der Waals surface area contributed by atoms with Crippen molar-refractivity contribution in [1.29, 1.82) is 0 Å². The van der Waals surface area contributed by atoms with Gasteiger partial charge in [0.1, 0.15) is 5.69 Å². The summed E-state index contributed by atoms with van der Waals surface area (Å²) in [6, 6.07) is 0. The first-order valence-electron chi connectivity index (χ1n) is 3.97. The average Bonchev–Trinajstić information content (AvgIpc) is 2.18. The van der Waals surface area contributed by atoms with Gasteiger partial charge in [-0.2, -0.15) is 0 Å². The van der Waals surface area contributed by atoms with Crippen molar-refractivity contribution in [2.75, 3.05) is 0 Å². The van der Waals surface area contributed by atoms with Crippen LogP contribution in [0.3, 0.4) is 0 Å². The molecule has 1 aromatic rings. The van der Waals surface area contributed by atoms with Gasteiger partial charge in [0, 0.05) is 0 Å². The Kier molecular flexibility index (Phi) is 3.49. The third-order valence-electron chi connectivity index (χ3n) is 1.63. The van der Waals surface area contributed by atoms with Gasteiger partial charge < -0.3 is 9.84 Å². The van der Waals surface area contributed by atoms with Crippen molar-refractivity contribution in [2.24, 2.45) is 0 Å². The molecule has 1 heterocycles. The van der Waals surface area contributed by atoms with E-state index < -0.39 is 35.5 Å². The first-order chi connectivity index (χ1) is 7.76. The topological polar surface area (TPSA) is 59.4 Å². The van der Waals surface area contributed by atoms with Crippen LogP contribution in [0.1, 0.15) is 22.5 Å². The summed E-state index contributed by atoms with van der Waals surface area (Å²) in [5, 5.41) is 8.99. The summed E-state index contributed by atoms with van der Waals surface area (Å²) in [5.41, 5.74) is -2.34. The number of carbonyl (C=O) groups is 1. The molecule has 0 saturated carbocycles. The molecule has 0 aliphatic heterocycles. The molecule has 1 rings (SSSR count). The van der Waals surface area contributed by atoms with E-state index in [1.54, 1.807) is 0 Å². The van der Waals surface area contributed by atoms with Crippen LogP contribution < -0.4 is 4.74 Å². The van der Waals surface area contributed by atoms with Crippen LogP contribution in [0.5, 0.6) is 11.5 Å². The molecule has 0 aliphatic rings. The van der Waals surface area contributed by atoms with Crippen molar-refractivity contribution in [1.82, 2.24) is 4.98 Å². The van der Waals surface area contributed by atoms with Crippen molar-refractivity contribution in [3.63, 3.8) is 0 Å². The third-order valence-corrected chi connectivity index (χ3v) is 1.63. The minimum absolute atomic E-state index is 0.163. The van der Waals surface area contributed by atoms with E-state index in [-0.39, 0.29) is 6.29 Å². The number of halogens is 5. The van der Waals surface area contributed by atoms with E-state index in [1.165, 1.54) is 0 Å². The van der Waals surface area contributed by atoms with Crippen molar-refractivity contribution in [3.8, 4) is 11.5 Å². The molecule has 1 N–H and O–H groups in total. The molecule has 0 bridgehead atoms. The molecule has 9 heteroatoms. The standard InChI is InChI=1S/C8H4F5NO3/c9-7(10)5-3(2-15)14-1-4(16)6(5)17-8(11,12)13/h1-2,7,16H. The number of rotatable bonds is 3. The van der Waals surface area contributed by atoms with Crippen LogP contribution in [-0.2, 0) is 0 Å². The van der Waals surface area contributed by atoms with E-state index in [0.29, 0.717) is 6.20 Å². The van der Waals surface area contributed by atoms with Gasteiger partial charge in [-0.05, 0) is 0 Å². The summed E-state index contributed by atoms with van der Waals surface area (Å²) in [5.74, 6) is -2.76. The highest BCUT2D eigenvalue weighted by molar-refractivity contribution is 5.76. The fraction of sp³-hybridized carbons (Fsp3) is 0.250. The lowest BCUT2D eigenvalue weighted by atomic mass is 10.2. The molecule has 94 valence electrons. The van der Waals surface area contributed by atoms with Gasteiger partial charge in [0.05, 0.1) is 11.8 Å². The minimum atomic E-state index is -5.28. The van der Waals surface area contributed by atoms with E-state index >= 15 is 0 Å². The Hall–Kier alpha value is -1.93. The monoisotopic (exact) mass is 257 g/mol. The summed E-state index contributed by atoms with van der Waals surface area (Å²) in [7, 11) is 0. The molecule has 0 spiro atoms. The van der Waals surface area contributed by atoms with Crippen LogP contribution in [0.4, 0.5) is 22.0 Å². The number of alkyl halides is 5. The van der Waals surface area contributed by atoms with Crippen LogP contribution in [0, 0.1) is 0 Å². The fourth-order valence-corrected chi connectivity index (χ4v) is 1.04. The lowest BCUT2D eigenvalue weighted by molar-refractivity contribution is -0.275. The average molecular weight is 257 g/mol. The number of aromatic nitrogens is 1. The van der Waals surface area contributed by atoms with Crippen LogP contribution in [-0.4, -0.2) is 22.7 Å². The number of pyridine rings is 1. The quantitative estimate of drug-likeness (QED) is 0.667. The van der Waals surface area contributed by atoms with E-state index in [4.69, 9.17) is 5.11 Å². The second-order valence-electron chi connectivity index (χ2n) is 2.74. The van der Waals surface area contributed by atoms with Crippen molar-refractivity contribution >= 4 is 6.29 Å². The Morgan fingerprint density at radius 3 is 2.41 bits per heavy atom. The van der Waals surface area contributed by atoms with Crippen molar-refractivity contribution in [2.45, 2.75) is 12.8 Å². The van der Waals surface area contributed by atoms with E-state index in [9.17, 15) is 26.7 Å². The second kappa shape index (κ2) is 4.52. The van der Waals surface area contributed by atoms with Gasteiger partial charge in [-0.25, -0.2) is 13.8 Å². The van der Waals surface area contributed by atoms with Crippen LogP contribution >= 0.6 is 0 Å². The zero-order chi connectivity index (χ0) is 13.2. The molecule has 0 aliphatic carbocycles. The molecular weight excluding hydrogens is 253 g/mol. The Balaban J connectivity index is 3.39. The van der Waals surface area contributed by atoms with E-state index in [0.717, 1.165) is 0 Å². The maximum atomic E-state index is 12.5. The number of nitrogens with zero attached hydrogens (tertiary/aromatic N) is 1. The predicted octanol–water partition coefficient (Wildman–Crippen LogP) is 2.44. The summed E-state index contributed by atoms with van der Waals surface area (Å²) >= 11 is 0. The molecule has 17 heavy (non-hydrogen) atoms. The number of ether oxygens (including phenoxy) is 1. The smallest absolute Gasteiger partial charge is 0.503 e. The Bertz CT molecular complexity index is 432. The highest BCUT2D eigenvalue weighted by Gasteiger charge is 2.36. The number of aldehydes is 1. The molecular formula is C8H4F5NO3. The molecule has 4 nitrogen and oxygen atoms in total. The maximum absolute atomic E-state index is 12.5. The number of hydrogen-bond donors (Lipinski definition) is 1. The second-order valence-corrected chi connectivity index (χ2v) is 2.74. The lowest BCUT2D eigenvalue weighted by Gasteiger charge is -2.14. The molecule has 1 aromatic heterocycles. The lowest BCUT2D eigenvalue weighted by Crippen LogP contribution is -2.19. The molecule has 0 saturated heterocycles. The minimum Gasteiger partial charge on any atom is -0.503 e. The molecule has 0 radical (unpaired) electrons. The summed E-state index contributed by atoms with van der Waals surface area (Å²) in [6.45, 7) is 0. The number of aromatic hydroxyl groups is 1. The highest BCUT2D eigenvalue weighted by Crippen LogP contribution is 2.40. The zero-order valence-corrected chi connectivity index (χ0v) is 7.83. The van der Waals surface area contributed by atoms with Crippen molar-refractivity contribution < 1.29 is 36.6 Å². The highest BCUT2D eigenvalue weighted by atomic mass is 19.4. The van der Waals surface area contributed by atoms with Gasteiger partial charge in [0.2, 0.25) is 0 Å². The molecule has 0 aromatic carbocycles. The predicted molar refractivity (Wildman–Crippen MR) is 42.9 cm³/mol. The number of carbonyl (C=O) groups excluding carboxylic acids is 1. The van der Waals surface area contributed by atoms with E-state index in [1.807, 2.05) is 0 Å². The first kappa shape index (κ1) is 13.1. The van der Waals surface area contributed by atoms with E-state index in [2.05, 4.69) is 9.72 Å². The number of hydrogen-bond acceptors (Lipinski definition) is 4. The maximum Gasteiger partial charge on any atom is 0.573 e. The zero-order valence-electron chi connectivity index (χ0n) is 7.83. The summed E-state index contributed by atoms with van der Waals surface area (Å²) in [6.07, 6.45) is -8.48. The Morgan fingerprint density at radius 1 is 1.41 bits per heavy atom. The summed E-state index contributed by atoms with van der Waals surface area (Å²) in [4.78, 5) is 13.4. The SMILES string of the molecule is O=Cc1ncc(O)c(OC(F)(F)F)c1C(F)F. The van der Waals surface area contributed by atoms with Crippen LogP contribution in [0.25, 0.3) is 0 Å². The van der Waals surface area contributed by atoms with Gasteiger partial charge in [-0.1, -0.05) is 0 Å². The molecule has 0 amide bonds. The normalized spacial score (nSPS) is 11.6. The molecule has 0 atom stereocenters. The van der Waals surface area contributed by atoms with Gasteiger partial charge >= 0.3 is 6.36 Å². The molecule has 0 fully saturated rings. The van der Waals surface area contributed by atoms with Crippen molar-refractivity contribution in [3.05, 3.63) is 17.5 Å². The fourth-order valence-electron chi connectivity index (χ4n) is 1.04. The van der Waals surface area contributed by atoms with Crippen LogP contribution in [0.2, 0.25) is 0 Å². The van der Waals surface area contributed by atoms with Gasteiger partial charge in [-0.3, -0.25) is 4.79 Å². The van der Waals surface area contributed by atoms with Gasteiger partial charge in [-0.15, -0.1) is 13.2 Å². The van der Waals surface area contributed by atoms with Gasteiger partial charge in [0.25, 0.3) is 6.43 Å². The van der Waals surface area contributed by atoms with Gasteiger partial charge in [0.15, 0.2) is 17.8 Å². The largest absolute Gasteiger partial charge is 0.573 e.